The molecular formula is C26H30FN5O2. The van der Waals surface area contributed by atoms with E-state index in [9.17, 15) is 14.0 Å². The molecule has 0 aromatic carbocycles. The van der Waals surface area contributed by atoms with Crippen LogP contribution in [0, 0.1) is 12.8 Å². The van der Waals surface area contributed by atoms with Crippen LogP contribution in [0.5, 0.6) is 0 Å². The second-order valence-electron chi connectivity index (χ2n) is 8.05. The van der Waals surface area contributed by atoms with Crippen LogP contribution in [0.25, 0.3) is 5.57 Å². The lowest BCUT2D eigenvalue weighted by Crippen LogP contribution is -2.16. The molecule has 0 aliphatic heterocycles. The van der Waals surface area contributed by atoms with Gasteiger partial charge in [0.1, 0.15) is 24.0 Å². The van der Waals surface area contributed by atoms with Gasteiger partial charge in [-0.3, -0.25) is 14.6 Å². The Bertz CT molecular complexity index is 1160. The number of amides is 1. The minimum Gasteiger partial charge on any atom is -0.354 e. The molecule has 2 aromatic rings. The van der Waals surface area contributed by atoms with E-state index in [0.29, 0.717) is 23.6 Å². The van der Waals surface area contributed by atoms with Crippen molar-refractivity contribution in [2.24, 2.45) is 5.92 Å². The molecule has 7 nitrogen and oxygen atoms in total. The number of nitrogens with one attached hydrogen (secondary N) is 2. The van der Waals surface area contributed by atoms with Crippen LogP contribution in [0.1, 0.15) is 61.8 Å². The van der Waals surface area contributed by atoms with Gasteiger partial charge in [0.05, 0.1) is 23.5 Å². The van der Waals surface area contributed by atoms with Crippen molar-refractivity contribution in [3.63, 3.8) is 0 Å². The van der Waals surface area contributed by atoms with Crippen LogP contribution in [0.4, 0.5) is 15.9 Å². The maximum Gasteiger partial charge on any atom is 0.231 e. The third kappa shape index (κ3) is 6.21. The van der Waals surface area contributed by atoms with Crippen molar-refractivity contribution >= 4 is 28.8 Å². The highest BCUT2D eigenvalue weighted by Crippen LogP contribution is 2.34. The first-order valence-electron chi connectivity index (χ1n) is 11.5. The minimum atomic E-state index is -1.08. The average molecular weight is 464 g/mol. The highest BCUT2D eigenvalue weighted by atomic mass is 19.1. The van der Waals surface area contributed by atoms with E-state index in [1.54, 1.807) is 18.3 Å². The number of allylic oxidation sites excluding steroid dienone is 5. The van der Waals surface area contributed by atoms with Crippen LogP contribution in [0.2, 0.25) is 0 Å². The average Bonchev–Trinajstić information content (AvgIpc) is 3.57. The number of aryl methyl sites for hydroxylation is 1. The Morgan fingerprint density at radius 3 is 2.53 bits per heavy atom. The zero-order valence-corrected chi connectivity index (χ0v) is 19.9. The number of hydrogen-bond donors (Lipinski definition) is 2. The van der Waals surface area contributed by atoms with Crippen molar-refractivity contribution in [2.75, 3.05) is 10.6 Å². The van der Waals surface area contributed by atoms with Gasteiger partial charge in [0.15, 0.2) is 5.78 Å². The Morgan fingerprint density at radius 2 is 1.91 bits per heavy atom. The molecule has 1 saturated carbocycles. The smallest absolute Gasteiger partial charge is 0.231 e. The summed E-state index contributed by atoms with van der Waals surface area (Å²) >= 11 is 0. The first-order chi connectivity index (χ1) is 16.4. The largest absolute Gasteiger partial charge is 0.354 e. The standard InChI is InChI=1S/C26H30FN5O2/c1-5-8-10-20(31-23-14-28-22(11-16(23)4)24(33)7-3)17(9-6-2)21-13-25(30-15-29-21)32-26(34)18-12-19(18)27/h5,8-11,13-15,18-19,31H,6-7,12H2,1-4H3,(H,29,30,32,34)/b8-5-,17-9-,20-10+/t18-,19?/m0/s1. The van der Waals surface area contributed by atoms with Crippen molar-refractivity contribution in [1.82, 2.24) is 15.0 Å². The molecule has 0 spiro atoms. The highest BCUT2D eigenvalue weighted by Gasteiger charge is 2.43. The van der Waals surface area contributed by atoms with E-state index in [1.807, 2.05) is 52.0 Å². The summed E-state index contributed by atoms with van der Waals surface area (Å²) in [4.78, 5) is 37.0. The third-order valence-electron chi connectivity index (χ3n) is 5.38. The van der Waals surface area contributed by atoms with Gasteiger partial charge in [-0.1, -0.05) is 32.1 Å². The number of anilines is 2. The maximum atomic E-state index is 13.2. The van der Waals surface area contributed by atoms with Gasteiger partial charge in [0.2, 0.25) is 5.91 Å². The van der Waals surface area contributed by atoms with Crippen molar-refractivity contribution in [2.45, 2.75) is 53.1 Å². The van der Waals surface area contributed by atoms with E-state index in [0.717, 1.165) is 28.9 Å². The number of carbonyl (C=O) groups excluding carboxylic acids is 2. The van der Waals surface area contributed by atoms with Crippen LogP contribution < -0.4 is 10.6 Å². The van der Waals surface area contributed by atoms with E-state index in [2.05, 4.69) is 25.6 Å². The van der Waals surface area contributed by atoms with Crippen molar-refractivity contribution in [3.8, 4) is 0 Å². The number of Topliss-reactive ketones (excluding diaryl/α,β-unsaturated/α-hetero) is 1. The first-order valence-corrected chi connectivity index (χ1v) is 11.5. The van der Waals surface area contributed by atoms with Crippen LogP contribution in [-0.4, -0.2) is 32.8 Å². The molecule has 1 amide bonds. The molecule has 2 heterocycles. The number of pyridine rings is 1. The maximum absolute atomic E-state index is 13.2. The van der Waals surface area contributed by atoms with Crippen molar-refractivity contribution in [3.05, 3.63) is 71.6 Å². The molecule has 2 atom stereocenters. The Labute approximate surface area is 199 Å². The normalized spacial score (nSPS) is 18.1. The van der Waals surface area contributed by atoms with Crippen LogP contribution in [0.15, 0.2) is 54.7 Å². The molecule has 178 valence electrons. The number of alkyl halides is 1. The Kier molecular flexibility index (Phi) is 8.40. The SMILES string of the molecule is C\C=C/C=C(Nc1cnc(C(=O)CC)cc1C)\C(=C\CC)c1cc(NC(=O)[C@H]2CC2F)ncn1. The number of carbonyl (C=O) groups is 2. The molecule has 1 aliphatic rings. The summed E-state index contributed by atoms with van der Waals surface area (Å²) in [7, 11) is 0. The topological polar surface area (TPSA) is 96.9 Å². The molecule has 1 fully saturated rings. The van der Waals surface area contributed by atoms with Crippen LogP contribution in [0.3, 0.4) is 0 Å². The third-order valence-corrected chi connectivity index (χ3v) is 5.38. The Hall–Kier alpha value is -3.68. The summed E-state index contributed by atoms with van der Waals surface area (Å²) in [5.74, 6) is -0.660. The second kappa shape index (κ2) is 11.4. The van der Waals surface area contributed by atoms with E-state index >= 15 is 0 Å². The molecule has 34 heavy (non-hydrogen) atoms. The molecule has 0 saturated heterocycles. The van der Waals surface area contributed by atoms with E-state index in [1.165, 1.54) is 6.33 Å². The van der Waals surface area contributed by atoms with Gasteiger partial charge in [-0.25, -0.2) is 14.4 Å². The molecule has 1 unspecified atom stereocenters. The fraction of sp³-hybridized carbons (Fsp3) is 0.346. The molecule has 0 bridgehead atoms. The molecule has 8 heteroatoms. The fourth-order valence-electron chi connectivity index (χ4n) is 3.34. The number of nitrogens with zero attached hydrogens (tertiary/aromatic N) is 3. The van der Waals surface area contributed by atoms with Gasteiger partial charge in [-0.05, 0) is 44.4 Å². The number of hydrogen-bond acceptors (Lipinski definition) is 6. The number of aromatic nitrogens is 3. The number of rotatable bonds is 10. The minimum absolute atomic E-state index is 0.00765. The van der Waals surface area contributed by atoms with Gasteiger partial charge in [-0.15, -0.1) is 0 Å². The Morgan fingerprint density at radius 1 is 1.15 bits per heavy atom. The molecule has 2 aromatic heterocycles. The lowest BCUT2D eigenvalue weighted by atomic mass is 10.0. The summed E-state index contributed by atoms with van der Waals surface area (Å²) in [6, 6.07) is 3.45. The van der Waals surface area contributed by atoms with Gasteiger partial charge < -0.3 is 10.6 Å². The van der Waals surface area contributed by atoms with E-state index in [-0.39, 0.29) is 18.1 Å². The highest BCUT2D eigenvalue weighted by molar-refractivity contribution is 5.95. The molecule has 0 radical (unpaired) electrons. The van der Waals surface area contributed by atoms with Crippen LogP contribution in [-0.2, 0) is 4.79 Å². The zero-order valence-electron chi connectivity index (χ0n) is 19.9. The second-order valence-corrected chi connectivity index (χ2v) is 8.05. The molecule has 3 rings (SSSR count). The lowest BCUT2D eigenvalue weighted by Gasteiger charge is -2.17. The molecule has 1 aliphatic carbocycles. The quantitative estimate of drug-likeness (QED) is 0.360. The summed E-state index contributed by atoms with van der Waals surface area (Å²) in [6.45, 7) is 7.67. The van der Waals surface area contributed by atoms with Gasteiger partial charge >= 0.3 is 0 Å². The molecule has 2 N–H and O–H groups in total. The van der Waals surface area contributed by atoms with E-state index < -0.39 is 12.1 Å². The van der Waals surface area contributed by atoms with Crippen molar-refractivity contribution < 1.29 is 14.0 Å². The number of ketones is 1. The fourth-order valence-corrected chi connectivity index (χ4v) is 3.34. The molecular weight excluding hydrogens is 433 g/mol. The summed E-state index contributed by atoms with van der Waals surface area (Å²) in [6.07, 6.45) is 11.1. The van der Waals surface area contributed by atoms with Gasteiger partial charge in [0, 0.05) is 23.8 Å². The van der Waals surface area contributed by atoms with Crippen LogP contribution >= 0.6 is 0 Å². The van der Waals surface area contributed by atoms with Gasteiger partial charge in [-0.2, -0.15) is 0 Å². The Balaban J connectivity index is 1.92. The summed E-state index contributed by atoms with van der Waals surface area (Å²) < 4.78 is 13.2. The monoisotopic (exact) mass is 463 g/mol. The number of halogens is 1. The van der Waals surface area contributed by atoms with Gasteiger partial charge in [0.25, 0.3) is 0 Å². The van der Waals surface area contributed by atoms with Crippen molar-refractivity contribution in [1.29, 1.82) is 0 Å². The van der Waals surface area contributed by atoms with E-state index in [4.69, 9.17) is 0 Å². The predicted molar refractivity (Wildman–Crippen MR) is 132 cm³/mol. The summed E-state index contributed by atoms with van der Waals surface area (Å²) in [5, 5.41) is 6.10. The predicted octanol–water partition coefficient (Wildman–Crippen LogP) is 5.43. The zero-order chi connectivity index (χ0) is 24.7. The lowest BCUT2D eigenvalue weighted by molar-refractivity contribution is -0.117. The first kappa shape index (κ1) is 25.0. The summed E-state index contributed by atoms with van der Waals surface area (Å²) in [5.41, 5.74) is 4.26.